The number of amides is 5. The second-order valence-electron chi connectivity index (χ2n) is 16.7. The first kappa shape index (κ1) is 42.2. The zero-order valence-corrected chi connectivity index (χ0v) is 32.4. The van der Waals surface area contributed by atoms with Gasteiger partial charge in [0.15, 0.2) is 0 Å². The first-order valence-corrected chi connectivity index (χ1v) is 19.2. The molecule has 0 aromatic heterocycles. The van der Waals surface area contributed by atoms with Gasteiger partial charge in [0.05, 0.1) is 12.3 Å². The Morgan fingerprint density at radius 2 is 1.63 bits per heavy atom. The number of fused-ring (bicyclic) bond motifs is 1. The second kappa shape index (κ2) is 16.3. The number of urea groups is 1. The van der Waals surface area contributed by atoms with Gasteiger partial charge < -0.3 is 26.2 Å². The lowest BCUT2D eigenvalue weighted by Crippen LogP contribution is -2.62. The van der Waals surface area contributed by atoms with Gasteiger partial charge in [-0.05, 0) is 47.3 Å². The van der Waals surface area contributed by atoms with Gasteiger partial charge in [-0.3, -0.25) is 19.2 Å². The van der Waals surface area contributed by atoms with Crippen molar-refractivity contribution in [3.63, 3.8) is 0 Å². The fraction of sp³-hybridized carbons (Fsp3) is 0.800. The molecule has 2 rings (SSSR count). The van der Waals surface area contributed by atoms with E-state index in [0.717, 1.165) is 19.1 Å². The van der Waals surface area contributed by atoms with Gasteiger partial charge in [-0.2, -0.15) is 0 Å². The highest BCUT2D eigenvalue weighted by molar-refractivity contribution is 7.88. The number of hydrogen-bond donors (Lipinski definition) is 4. The predicted octanol–water partition coefficient (Wildman–Crippen LogP) is 2.82. The van der Waals surface area contributed by atoms with E-state index in [1.54, 1.807) is 4.90 Å². The Kier molecular flexibility index (Phi) is 14.1. The lowest BCUT2D eigenvalue weighted by Gasteiger charge is -2.38. The van der Waals surface area contributed by atoms with Crippen molar-refractivity contribution in [3.05, 3.63) is 12.7 Å². The highest BCUT2D eigenvalue weighted by Crippen LogP contribution is 2.53. The van der Waals surface area contributed by atoms with E-state index in [2.05, 4.69) is 41.7 Å². The highest BCUT2D eigenvalue weighted by Gasteiger charge is 2.57. The van der Waals surface area contributed by atoms with Crippen molar-refractivity contribution in [2.75, 3.05) is 32.9 Å². The highest BCUT2D eigenvalue weighted by atomic mass is 32.2. The van der Waals surface area contributed by atoms with Crippen molar-refractivity contribution in [2.24, 2.45) is 28.1 Å². The minimum Gasteiger partial charge on any atom is -0.346 e. The van der Waals surface area contributed by atoms with E-state index in [1.165, 1.54) is 17.4 Å². The van der Waals surface area contributed by atoms with Crippen molar-refractivity contribution in [1.29, 1.82) is 0 Å². The summed E-state index contributed by atoms with van der Waals surface area (Å²) in [6.07, 6.45) is 5.78. The Balaban J connectivity index is 2.43. The van der Waals surface area contributed by atoms with Crippen LogP contribution in [0.25, 0.3) is 0 Å². The summed E-state index contributed by atoms with van der Waals surface area (Å²) in [5.41, 5.74) is -1.44. The number of Topliss-reactive ketones (excluding diaryl/α,β-unsaturated/α-hetero) is 1. The molecule has 0 bridgehead atoms. The first-order chi connectivity index (χ1) is 22.4. The number of nitrogens with zero attached hydrogens (tertiary/aromatic N) is 2. The van der Waals surface area contributed by atoms with Crippen LogP contribution in [0.3, 0.4) is 0 Å². The molecule has 0 radical (unpaired) electrons. The molecule has 13 nitrogen and oxygen atoms in total. The average molecular weight is 711 g/mol. The standard InChI is InChI=1S/C35H62N6O7S/c1-13-15-16-24(27(42)30(44)36-19-14-2)37-29(43)26-22-17-18-35(9,10)23(22)20-41(26)31(45)28(34(6,7)8)39-32(46)38-25(33(3,4)5)21-40(11)49(12,47)48/h14,22-26,28H,2,13,15-21H2,1,3-12H3,(H,36,44)(H,37,43)(H2,38,39,46)/t22-,23-,24?,25+,26-,28+/m0/s1. The maximum atomic E-state index is 14.6. The van der Waals surface area contributed by atoms with Crippen LogP contribution in [0.5, 0.6) is 0 Å². The van der Waals surface area contributed by atoms with Gasteiger partial charge >= 0.3 is 6.03 Å². The van der Waals surface area contributed by atoms with Crippen LogP contribution in [0.4, 0.5) is 4.79 Å². The minimum atomic E-state index is -3.51. The van der Waals surface area contributed by atoms with Crippen LogP contribution >= 0.6 is 0 Å². The van der Waals surface area contributed by atoms with Crippen molar-refractivity contribution >= 4 is 39.6 Å². The predicted molar refractivity (Wildman–Crippen MR) is 191 cm³/mol. The largest absolute Gasteiger partial charge is 0.346 e. The number of likely N-dealkylation sites (N-methyl/N-ethyl adjacent to an activating group) is 1. The number of nitrogens with one attached hydrogen (secondary N) is 4. The minimum absolute atomic E-state index is 0.0131. The van der Waals surface area contributed by atoms with Gasteiger partial charge in [0.1, 0.15) is 12.1 Å². The number of likely N-dealkylation sites (tertiary alicyclic amines) is 1. The number of carbonyl (C=O) groups is 5. The number of sulfonamides is 1. The molecule has 0 spiro atoms. The summed E-state index contributed by atoms with van der Waals surface area (Å²) in [6.45, 7) is 21.4. The summed E-state index contributed by atoms with van der Waals surface area (Å²) >= 11 is 0. The third-order valence-corrected chi connectivity index (χ3v) is 11.5. The second-order valence-corrected chi connectivity index (χ2v) is 18.8. The van der Waals surface area contributed by atoms with E-state index in [1.807, 2.05) is 48.5 Å². The number of unbranched alkanes of at least 4 members (excludes halogenated alkanes) is 1. The molecule has 280 valence electrons. The molecule has 4 N–H and O–H groups in total. The lowest BCUT2D eigenvalue weighted by atomic mass is 9.79. The van der Waals surface area contributed by atoms with Crippen LogP contribution in [-0.2, 0) is 29.2 Å². The van der Waals surface area contributed by atoms with E-state index in [0.29, 0.717) is 19.4 Å². The molecule has 1 aliphatic heterocycles. The Morgan fingerprint density at radius 1 is 1.02 bits per heavy atom. The number of ketones is 1. The molecule has 14 heteroatoms. The topological polar surface area (TPSA) is 174 Å². The molecular weight excluding hydrogens is 648 g/mol. The fourth-order valence-electron chi connectivity index (χ4n) is 6.80. The van der Waals surface area contributed by atoms with Gasteiger partial charge in [-0.1, -0.05) is 81.2 Å². The van der Waals surface area contributed by atoms with Crippen LogP contribution in [0.1, 0.15) is 94.4 Å². The molecule has 6 atom stereocenters. The molecule has 2 aliphatic rings. The molecule has 0 aromatic carbocycles. The summed E-state index contributed by atoms with van der Waals surface area (Å²) in [5.74, 6) is -2.61. The Bertz CT molecular complexity index is 1350. The molecule has 0 aromatic rings. The van der Waals surface area contributed by atoms with Crippen LogP contribution in [0.15, 0.2) is 12.7 Å². The summed E-state index contributed by atoms with van der Waals surface area (Å²) in [4.78, 5) is 69.6. The van der Waals surface area contributed by atoms with E-state index < -0.39 is 74.6 Å². The maximum Gasteiger partial charge on any atom is 0.315 e. The molecule has 1 saturated carbocycles. The zero-order valence-electron chi connectivity index (χ0n) is 31.6. The Hall–Kier alpha value is -3.00. The van der Waals surface area contributed by atoms with Crippen LogP contribution in [-0.4, -0.2) is 104 Å². The molecule has 2 fully saturated rings. The van der Waals surface area contributed by atoms with Crippen LogP contribution in [0.2, 0.25) is 0 Å². The molecular formula is C35H62N6O7S. The van der Waals surface area contributed by atoms with Gasteiger partial charge in [0.25, 0.3) is 5.91 Å². The molecule has 1 aliphatic carbocycles. The fourth-order valence-corrected chi connectivity index (χ4v) is 7.22. The van der Waals surface area contributed by atoms with E-state index in [-0.39, 0.29) is 36.8 Å². The van der Waals surface area contributed by atoms with Crippen molar-refractivity contribution in [3.8, 4) is 0 Å². The monoisotopic (exact) mass is 710 g/mol. The smallest absolute Gasteiger partial charge is 0.315 e. The molecule has 1 saturated heterocycles. The lowest BCUT2D eigenvalue weighted by molar-refractivity contribution is -0.144. The van der Waals surface area contributed by atoms with Crippen LogP contribution < -0.4 is 21.3 Å². The molecule has 1 unspecified atom stereocenters. The average Bonchev–Trinajstić information content (AvgIpc) is 3.50. The SMILES string of the molecule is C=CCNC(=O)C(=O)C(CCCC)NC(=O)[C@@H]1[C@H]2CCC(C)(C)[C@H]2CN1C(=O)[C@@H](NC(=O)N[C@H](CN(C)S(C)(=O)=O)C(C)(C)C)C(C)(C)C. The maximum absolute atomic E-state index is 14.6. The number of hydrogen-bond acceptors (Lipinski definition) is 7. The third kappa shape index (κ3) is 11.0. The quantitative estimate of drug-likeness (QED) is 0.149. The van der Waals surface area contributed by atoms with Gasteiger partial charge in [0.2, 0.25) is 27.6 Å². The Morgan fingerprint density at radius 3 is 2.14 bits per heavy atom. The third-order valence-electron chi connectivity index (χ3n) is 10.2. The van der Waals surface area contributed by atoms with Gasteiger partial charge in [-0.25, -0.2) is 17.5 Å². The summed E-state index contributed by atoms with van der Waals surface area (Å²) in [7, 11) is -2.06. The van der Waals surface area contributed by atoms with E-state index in [9.17, 15) is 32.4 Å². The summed E-state index contributed by atoms with van der Waals surface area (Å²) < 4.78 is 25.5. The molecule has 5 amide bonds. The molecule has 49 heavy (non-hydrogen) atoms. The van der Waals surface area contributed by atoms with E-state index in [4.69, 9.17) is 0 Å². The zero-order chi connectivity index (χ0) is 37.7. The van der Waals surface area contributed by atoms with Gasteiger partial charge in [-0.15, -0.1) is 6.58 Å². The normalized spacial score (nSPS) is 22.4. The number of carbonyl (C=O) groups excluding carboxylic acids is 5. The van der Waals surface area contributed by atoms with Gasteiger partial charge in [0, 0.05) is 32.7 Å². The summed E-state index contributed by atoms with van der Waals surface area (Å²) in [6, 6.07) is -4.21. The first-order valence-electron chi connectivity index (χ1n) is 17.4. The summed E-state index contributed by atoms with van der Waals surface area (Å²) in [5, 5.41) is 11.1. The van der Waals surface area contributed by atoms with E-state index >= 15 is 0 Å². The van der Waals surface area contributed by atoms with Crippen molar-refractivity contribution in [2.45, 2.75) is 119 Å². The molecule has 1 heterocycles. The number of rotatable bonds is 15. The van der Waals surface area contributed by atoms with Crippen LogP contribution in [0, 0.1) is 28.1 Å². The van der Waals surface area contributed by atoms with Crippen molar-refractivity contribution in [1.82, 2.24) is 30.5 Å². The Labute approximate surface area is 294 Å². The van der Waals surface area contributed by atoms with Crippen molar-refractivity contribution < 1.29 is 32.4 Å².